The molecule has 0 bridgehead atoms. The highest BCUT2D eigenvalue weighted by Crippen LogP contribution is 2.45. The van der Waals surface area contributed by atoms with Crippen LogP contribution in [0.2, 0.25) is 0 Å². The lowest BCUT2D eigenvalue weighted by molar-refractivity contribution is 0.0512. The van der Waals surface area contributed by atoms with Gasteiger partial charge in [-0.25, -0.2) is 23.7 Å². The van der Waals surface area contributed by atoms with Crippen molar-refractivity contribution in [2.45, 2.75) is 35.8 Å². The highest BCUT2D eigenvalue weighted by atomic mass is 32.2. The smallest absolute Gasteiger partial charge is 0.359 e. The molecule has 27 heavy (non-hydrogen) atoms. The summed E-state index contributed by atoms with van der Waals surface area (Å²) in [5.41, 5.74) is 2.89. The standard InChI is InChI=1S/C15H18N4O6S2/c1-2-25-13(20)10-9-7-27(22,23)14-11(16-15(18-21)26-14)12(9)19(17-10)8-3-5-24-6-4-8/h8,21H,2-7H2,1H3,(H,16,18). The zero-order valence-electron chi connectivity index (χ0n) is 14.5. The summed E-state index contributed by atoms with van der Waals surface area (Å²) in [6.45, 7) is 2.94. The Morgan fingerprint density at radius 2 is 2.19 bits per heavy atom. The molecule has 0 atom stereocenters. The van der Waals surface area contributed by atoms with Crippen molar-refractivity contribution in [3.05, 3.63) is 11.3 Å². The summed E-state index contributed by atoms with van der Waals surface area (Å²) in [5.74, 6) is -1.02. The Kier molecular flexibility index (Phi) is 4.66. The van der Waals surface area contributed by atoms with Crippen LogP contribution < -0.4 is 5.48 Å². The fraction of sp³-hybridized carbons (Fsp3) is 0.533. The number of hydrogen-bond donors (Lipinski definition) is 2. The lowest BCUT2D eigenvalue weighted by Gasteiger charge is -2.25. The van der Waals surface area contributed by atoms with E-state index in [2.05, 4.69) is 10.1 Å². The van der Waals surface area contributed by atoms with Crippen molar-refractivity contribution < 1.29 is 27.9 Å². The molecule has 2 aliphatic rings. The van der Waals surface area contributed by atoms with Crippen molar-refractivity contribution in [1.29, 1.82) is 0 Å². The third-order valence-electron chi connectivity index (χ3n) is 4.55. The zero-order chi connectivity index (χ0) is 19.2. The van der Waals surface area contributed by atoms with Crippen LogP contribution in [0.4, 0.5) is 5.13 Å². The van der Waals surface area contributed by atoms with Crippen LogP contribution in [0, 0.1) is 0 Å². The van der Waals surface area contributed by atoms with E-state index in [1.54, 1.807) is 11.6 Å². The quantitative estimate of drug-likeness (QED) is 0.565. The van der Waals surface area contributed by atoms with E-state index in [0.29, 0.717) is 37.3 Å². The first-order valence-corrected chi connectivity index (χ1v) is 10.9. The summed E-state index contributed by atoms with van der Waals surface area (Å²) < 4.78 is 37.7. The molecule has 4 heterocycles. The molecule has 1 fully saturated rings. The molecule has 146 valence electrons. The van der Waals surface area contributed by atoms with Crippen molar-refractivity contribution in [1.82, 2.24) is 14.8 Å². The Bertz CT molecular complexity index is 990. The van der Waals surface area contributed by atoms with Crippen LogP contribution in [0.5, 0.6) is 0 Å². The van der Waals surface area contributed by atoms with Crippen LogP contribution in [-0.2, 0) is 25.1 Å². The van der Waals surface area contributed by atoms with E-state index in [0.717, 1.165) is 11.3 Å². The van der Waals surface area contributed by atoms with Gasteiger partial charge in [0.25, 0.3) is 0 Å². The molecular weight excluding hydrogens is 396 g/mol. The van der Waals surface area contributed by atoms with Gasteiger partial charge in [0.2, 0.25) is 5.13 Å². The third kappa shape index (κ3) is 3.02. The molecule has 0 aromatic carbocycles. The molecular formula is C15H18N4O6S2. The van der Waals surface area contributed by atoms with Crippen molar-refractivity contribution in [3.63, 3.8) is 0 Å². The van der Waals surface area contributed by atoms with Gasteiger partial charge in [-0.1, -0.05) is 11.3 Å². The van der Waals surface area contributed by atoms with Gasteiger partial charge >= 0.3 is 5.97 Å². The number of esters is 1. The number of nitrogens with one attached hydrogen (secondary N) is 1. The summed E-state index contributed by atoms with van der Waals surface area (Å²) in [6.07, 6.45) is 1.38. The third-order valence-corrected chi connectivity index (χ3v) is 7.74. The second kappa shape index (κ2) is 6.86. The van der Waals surface area contributed by atoms with Crippen LogP contribution in [0.1, 0.15) is 41.9 Å². The van der Waals surface area contributed by atoms with Crippen molar-refractivity contribution >= 4 is 32.3 Å². The van der Waals surface area contributed by atoms with Crippen LogP contribution in [0.15, 0.2) is 4.21 Å². The second-order valence-corrected chi connectivity index (χ2v) is 9.39. The Hall–Kier alpha value is -2.02. The Morgan fingerprint density at radius 3 is 2.85 bits per heavy atom. The number of sulfone groups is 1. The molecule has 12 heteroatoms. The van der Waals surface area contributed by atoms with Crippen LogP contribution in [0.3, 0.4) is 0 Å². The van der Waals surface area contributed by atoms with Gasteiger partial charge in [-0.3, -0.25) is 9.89 Å². The minimum Gasteiger partial charge on any atom is -0.461 e. The number of anilines is 1. The maximum Gasteiger partial charge on any atom is 0.359 e. The molecule has 0 amide bonds. The molecule has 2 aromatic heterocycles. The molecule has 10 nitrogen and oxygen atoms in total. The fourth-order valence-electron chi connectivity index (χ4n) is 3.38. The minimum absolute atomic E-state index is 0.000857. The molecule has 4 rings (SSSR count). The summed E-state index contributed by atoms with van der Waals surface area (Å²) >= 11 is 0.847. The first-order chi connectivity index (χ1) is 13.0. The van der Waals surface area contributed by atoms with Crippen molar-refractivity contribution in [2.75, 3.05) is 25.3 Å². The number of thiazole rings is 1. The van der Waals surface area contributed by atoms with E-state index in [-0.39, 0.29) is 39.1 Å². The molecule has 2 aliphatic heterocycles. The molecule has 2 aromatic rings. The van der Waals surface area contributed by atoms with Gasteiger partial charge in [-0.05, 0) is 19.8 Å². The number of nitrogens with zero attached hydrogens (tertiary/aromatic N) is 3. The number of hydrogen-bond acceptors (Lipinski definition) is 10. The fourth-order valence-corrected chi connectivity index (χ4v) is 6.12. The summed E-state index contributed by atoms with van der Waals surface area (Å²) in [5, 5.41) is 13.7. The number of aromatic nitrogens is 3. The molecule has 0 saturated carbocycles. The number of ether oxygens (including phenoxy) is 2. The van der Waals surface area contributed by atoms with Gasteiger partial charge in [0.1, 0.15) is 5.69 Å². The van der Waals surface area contributed by atoms with Gasteiger partial charge in [0, 0.05) is 18.8 Å². The van der Waals surface area contributed by atoms with Gasteiger partial charge < -0.3 is 9.47 Å². The summed E-state index contributed by atoms with van der Waals surface area (Å²) in [7, 11) is -3.71. The lowest BCUT2D eigenvalue weighted by Crippen LogP contribution is -2.22. The Morgan fingerprint density at radius 1 is 1.44 bits per heavy atom. The van der Waals surface area contributed by atoms with Gasteiger partial charge in [-0.15, -0.1) is 0 Å². The highest BCUT2D eigenvalue weighted by Gasteiger charge is 2.40. The highest BCUT2D eigenvalue weighted by molar-refractivity contribution is 7.93. The van der Waals surface area contributed by atoms with E-state index >= 15 is 0 Å². The van der Waals surface area contributed by atoms with Gasteiger partial charge in [0.15, 0.2) is 19.7 Å². The molecule has 2 N–H and O–H groups in total. The van der Waals surface area contributed by atoms with E-state index in [1.807, 2.05) is 5.48 Å². The first kappa shape index (κ1) is 18.3. The first-order valence-electron chi connectivity index (χ1n) is 8.46. The van der Waals surface area contributed by atoms with E-state index in [1.165, 1.54) is 0 Å². The second-order valence-electron chi connectivity index (χ2n) is 6.21. The Labute approximate surface area is 159 Å². The maximum absolute atomic E-state index is 12.7. The zero-order valence-corrected chi connectivity index (χ0v) is 16.1. The summed E-state index contributed by atoms with van der Waals surface area (Å²) in [4.78, 5) is 16.6. The Balaban J connectivity index is 1.95. The van der Waals surface area contributed by atoms with Crippen molar-refractivity contribution in [3.8, 4) is 11.4 Å². The molecule has 0 aliphatic carbocycles. The normalized spacial score (nSPS) is 18.6. The SMILES string of the molecule is CCOC(=O)c1nn(C2CCOCC2)c2c1CS(=O)(=O)c1sc(NO)nc1-2. The molecule has 0 unspecified atom stereocenters. The number of carbonyl (C=O) groups excluding carboxylic acids is 1. The molecule has 0 radical (unpaired) electrons. The van der Waals surface area contributed by atoms with E-state index in [4.69, 9.17) is 9.47 Å². The number of fused-ring (bicyclic) bond motifs is 3. The summed E-state index contributed by atoms with van der Waals surface area (Å²) in [6, 6.07) is -0.0448. The molecule has 1 saturated heterocycles. The van der Waals surface area contributed by atoms with Gasteiger partial charge in [-0.2, -0.15) is 5.10 Å². The predicted octanol–water partition coefficient (Wildman–Crippen LogP) is 1.62. The lowest BCUT2D eigenvalue weighted by atomic mass is 10.1. The maximum atomic E-state index is 12.7. The van der Waals surface area contributed by atoms with Crippen LogP contribution in [-0.4, -0.2) is 54.2 Å². The van der Waals surface area contributed by atoms with E-state index in [9.17, 15) is 18.4 Å². The minimum atomic E-state index is -3.71. The number of rotatable bonds is 4. The average molecular weight is 414 g/mol. The predicted molar refractivity (Wildman–Crippen MR) is 94.7 cm³/mol. The average Bonchev–Trinajstić information content (AvgIpc) is 3.24. The largest absolute Gasteiger partial charge is 0.461 e. The van der Waals surface area contributed by atoms with Gasteiger partial charge in [0.05, 0.1) is 24.1 Å². The van der Waals surface area contributed by atoms with Crippen LogP contribution in [0.25, 0.3) is 11.4 Å². The molecule has 0 spiro atoms. The topological polar surface area (TPSA) is 133 Å². The number of carbonyl (C=O) groups is 1. The van der Waals surface area contributed by atoms with E-state index < -0.39 is 15.8 Å². The van der Waals surface area contributed by atoms with Crippen molar-refractivity contribution in [2.24, 2.45) is 0 Å². The monoisotopic (exact) mass is 414 g/mol. The van der Waals surface area contributed by atoms with Crippen LogP contribution >= 0.6 is 11.3 Å².